The molecule has 3 fully saturated rings. The van der Waals surface area contributed by atoms with Gasteiger partial charge in [-0.15, -0.1) is 5.10 Å². The van der Waals surface area contributed by atoms with Crippen molar-refractivity contribution in [2.45, 2.75) is 67.0 Å². The van der Waals surface area contributed by atoms with Gasteiger partial charge in [-0.2, -0.15) is 0 Å². The predicted molar refractivity (Wildman–Crippen MR) is 146 cm³/mol. The van der Waals surface area contributed by atoms with Gasteiger partial charge in [0, 0.05) is 30.4 Å². The molecular formula is C28H39ClN4O3. The van der Waals surface area contributed by atoms with Crippen molar-refractivity contribution in [2.75, 3.05) is 29.9 Å². The summed E-state index contributed by atoms with van der Waals surface area (Å²) >= 11 is 6.59. The van der Waals surface area contributed by atoms with E-state index in [0.717, 1.165) is 29.9 Å². The van der Waals surface area contributed by atoms with Gasteiger partial charge >= 0.3 is 0 Å². The lowest BCUT2D eigenvalue weighted by Crippen LogP contribution is -2.58. The number of hydrogen-bond acceptors (Lipinski definition) is 6. The highest BCUT2D eigenvalue weighted by Crippen LogP contribution is 2.61. The second-order valence-electron chi connectivity index (χ2n) is 10.7. The van der Waals surface area contributed by atoms with Crippen LogP contribution >= 0.6 is 11.6 Å². The van der Waals surface area contributed by atoms with Crippen LogP contribution in [-0.4, -0.2) is 41.3 Å². The van der Waals surface area contributed by atoms with Gasteiger partial charge in [-0.3, -0.25) is 9.59 Å². The third kappa shape index (κ3) is 4.74. The number of ketones is 1. The van der Waals surface area contributed by atoms with Crippen molar-refractivity contribution in [3.63, 3.8) is 0 Å². The summed E-state index contributed by atoms with van der Waals surface area (Å²) in [6, 6.07) is 7.64. The zero-order valence-electron chi connectivity index (χ0n) is 22.3. The number of anilines is 2. The molecule has 3 aliphatic rings. The van der Waals surface area contributed by atoms with Gasteiger partial charge in [0.2, 0.25) is 0 Å². The standard InChI is InChI=1S/C28H39ClN4O3/c1-7-32(8-2)20-12-10-18(11-13-20)23(34)16-33-27(35)24(29)25(26(31-33)36-9-3)30-22-15-19-14-21(17(22)4)28(19,5)6/h10-13,17,19,21-22,30H,7-9,14-16H2,1-6H3/t17-,19-,21+,22-/m1/s1. The van der Waals surface area contributed by atoms with Gasteiger partial charge in [-0.05, 0) is 81.0 Å². The summed E-state index contributed by atoms with van der Waals surface area (Å²) in [5.74, 6) is 1.79. The Balaban J connectivity index is 1.55. The number of fused-ring (bicyclic) bond motifs is 2. The third-order valence-corrected chi connectivity index (χ3v) is 8.99. The van der Waals surface area contributed by atoms with Gasteiger partial charge in [-0.1, -0.05) is 32.4 Å². The van der Waals surface area contributed by atoms with Crippen molar-refractivity contribution in [3.05, 3.63) is 45.2 Å². The molecule has 1 aromatic carbocycles. The lowest BCUT2D eigenvalue weighted by Gasteiger charge is -2.62. The first-order valence-electron chi connectivity index (χ1n) is 13.2. The molecule has 3 saturated carbocycles. The van der Waals surface area contributed by atoms with Gasteiger partial charge < -0.3 is 15.0 Å². The number of nitrogens with zero attached hydrogens (tertiary/aromatic N) is 3. The first kappa shape index (κ1) is 26.5. The Hall–Kier alpha value is -2.54. The molecule has 36 heavy (non-hydrogen) atoms. The number of rotatable bonds is 10. The van der Waals surface area contributed by atoms with E-state index in [1.807, 2.05) is 19.1 Å². The summed E-state index contributed by atoms with van der Waals surface area (Å²) in [5, 5.41) is 7.94. The number of hydrogen-bond donors (Lipinski definition) is 1. The van der Waals surface area contributed by atoms with Crippen LogP contribution in [0.5, 0.6) is 5.88 Å². The molecule has 1 N–H and O–H groups in total. The average Bonchev–Trinajstić information content (AvgIpc) is 2.86. The van der Waals surface area contributed by atoms with Crippen molar-refractivity contribution in [1.29, 1.82) is 0 Å². The second-order valence-corrected chi connectivity index (χ2v) is 11.1. The Bertz CT molecular complexity index is 1160. The van der Waals surface area contributed by atoms with Crippen LogP contribution in [0.15, 0.2) is 29.1 Å². The zero-order valence-corrected chi connectivity index (χ0v) is 23.1. The van der Waals surface area contributed by atoms with E-state index >= 15 is 0 Å². The van der Waals surface area contributed by atoms with E-state index in [4.69, 9.17) is 16.3 Å². The van der Waals surface area contributed by atoms with Crippen LogP contribution in [0.4, 0.5) is 11.4 Å². The molecule has 0 radical (unpaired) electrons. The maximum atomic E-state index is 13.1. The molecule has 2 bridgehead atoms. The Kier molecular flexibility index (Phi) is 7.69. The molecule has 0 spiro atoms. The Morgan fingerprint density at radius 1 is 1.19 bits per heavy atom. The molecular weight excluding hydrogens is 476 g/mol. The van der Waals surface area contributed by atoms with Gasteiger partial charge in [0.05, 0.1) is 6.61 Å². The number of ether oxygens (including phenoxy) is 1. The van der Waals surface area contributed by atoms with Gasteiger partial charge in [-0.25, -0.2) is 4.68 Å². The van der Waals surface area contributed by atoms with Gasteiger partial charge in [0.25, 0.3) is 11.4 Å². The Morgan fingerprint density at radius 2 is 1.86 bits per heavy atom. The minimum Gasteiger partial charge on any atom is -0.475 e. The number of nitrogens with one attached hydrogen (secondary N) is 1. The molecule has 7 nitrogen and oxygen atoms in total. The molecule has 0 aliphatic heterocycles. The Labute approximate surface area is 219 Å². The fourth-order valence-corrected chi connectivity index (χ4v) is 6.42. The smallest absolute Gasteiger partial charge is 0.288 e. The lowest BCUT2D eigenvalue weighted by molar-refractivity contribution is -0.105. The normalized spacial score (nSPS) is 24.1. The van der Waals surface area contributed by atoms with Crippen LogP contribution in [0.2, 0.25) is 5.02 Å². The quantitative estimate of drug-likeness (QED) is 0.421. The molecule has 4 atom stereocenters. The van der Waals surface area contributed by atoms with Gasteiger partial charge in [0.15, 0.2) is 5.78 Å². The van der Waals surface area contributed by atoms with Crippen molar-refractivity contribution < 1.29 is 9.53 Å². The minimum absolute atomic E-state index is 0.0174. The van der Waals surface area contributed by atoms with Crippen LogP contribution in [0.1, 0.15) is 64.7 Å². The SMILES string of the molecule is CCOc1nn(CC(=O)c2ccc(N(CC)CC)cc2)c(=O)c(Cl)c1N[C@@H]1C[C@H]2C[C@@H]([C@H]1C)C2(C)C. The van der Waals surface area contributed by atoms with Crippen LogP contribution in [-0.2, 0) is 6.54 Å². The molecule has 0 saturated heterocycles. The van der Waals surface area contributed by atoms with E-state index in [1.165, 1.54) is 6.42 Å². The van der Waals surface area contributed by atoms with E-state index in [1.54, 1.807) is 12.1 Å². The van der Waals surface area contributed by atoms with E-state index in [9.17, 15) is 9.59 Å². The first-order chi connectivity index (χ1) is 17.1. The first-order valence-corrected chi connectivity index (χ1v) is 13.6. The van der Waals surface area contributed by atoms with Crippen molar-refractivity contribution in [2.24, 2.45) is 23.2 Å². The zero-order chi connectivity index (χ0) is 26.2. The van der Waals surface area contributed by atoms with E-state index in [-0.39, 0.29) is 29.3 Å². The van der Waals surface area contributed by atoms with Crippen molar-refractivity contribution >= 4 is 28.8 Å². The van der Waals surface area contributed by atoms with Gasteiger partial charge in [0.1, 0.15) is 17.3 Å². The number of carbonyl (C=O) groups is 1. The molecule has 0 amide bonds. The largest absolute Gasteiger partial charge is 0.475 e. The number of halogens is 1. The molecule has 5 rings (SSSR count). The highest BCUT2D eigenvalue weighted by molar-refractivity contribution is 6.33. The Morgan fingerprint density at radius 3 is 2.42 bits per heavy atom. The van der Waals surface area contributed by atoms with Crippen molar-refractivity contribution in [3.8, 4) is 5.88 Å². The summed E-state index contributed by atoms with van der Waals surface area (Å²) in [6.07, 6.45) is 2.29. The van der Waals surface area contributed by atoms with Crippen LogP contribution in [0.3, 0.4) is 0 Å². The number of carbonyl (C=O) groups excluding carboxylic acids is 1. The number of benzene rings is 1. The molecule has 1 aromatic heterocycles. The fraction of sp³-hybridized carbons (Fsp3) is 0.607. The summed E-state index contributed by atoms with van der Waals surface area (Å²) in [6.45, 7) is 15.0. The molecule has 1 heterocycles. The lowest BCUT2D eigenvalue weighted by atomic mass is 9.45. The highest BCUT2D eigenvalue weighted by Gasteiger charge is 2.56. The van der Waals surface area contributed by atoms with E-state index < -0.39 is 5.56 Å². The maximum absolute atomic E-state index is 13.1. The topological polar surface area (TPSA) is 76.5 Å². The summed E-state index contributed by atoms with van der Waals surface area (Å²) < 4.78 is 6.90. The molecule has 2 aromatic rings. The monoisotopic (exact) mass is 514 g/mol. The van der Waals surface area contributed by atoms with E-state index in [0.29, 0.717) is 41.0 Å². The maximum Gasteiger partial charge on any atom is 0.288 e. The predicted octanol–water partition coefficient (Wildman–Crippen LogP) is 5.51. The van der Waals surface area contributed by atoms with E-state index in [2.05, 4.69) is 49.9 Å². The molecule has 0 unspecified atom stereocenters. The minimum atomic E-state index is -0.496. The third-order valence-electron chi connectivity index (χ3n) is 8.64. The number of aromatic nitrogens is 2. The summed E-state index contributed by atoms with van der Waals surface area (Å²) in [4.78, 5) is 28.4. The summed E-state index contributed by atoms with van der Waals surface area (Å²) in [5.41, 5.74) is 1.88. The van der Waals surface area contributed by atoms with Crippen molar-refractivity contribution in [1.82, 2.24) is 9.78 Å². The fourth-order valence-electron chi connectivity index (χ4n) is 6.19. The summed E-state index contributed by atoms with van der Waals surface area (Å²) in [7, 11) is 0. The van der Waals surface area contributed by atoms with Crippen LogP contribution < -0.4 is 20.5 Å². The average molecular weight is 515 g/mol. The molecule has 196 valence electrons. The molecule has 8 heteroatoms. The number of Topliss-reactive ketones (excluding diaryl/α,β-unsaturated/α-hetero) is 1. The second kappa shape index (κ2) is 10.4. The molecule has 3 aliphatic carbocycles. The van der Waals surface area contributed by atoms with Crippen LogP contribution in [0, 0.1) is 23.2 Å². The highest BCUT2D eigenvalue weighted by atomic mass is 35.5. The van der Waals surface area contributed by atoms with Crippen LogP contribution in [0.25, 0.3) is 0 Å².